The van der Waals surface area contributed by atoms with Gasteiger partial charge in [0.1, 0.15) is 7.85 Å². The molecule has 0 spiro atoms. The smallest absolute Gasteiger partial charge is 0.193 e. The molecule has 1 rings (SSSR count). The minimum atomic E-state index is -1.73. The quantitative estimate of drug-likeness (QED) is 0.417. The van der Waals surface area contributed by atoms with Gasteiger partial charge in [-0.1, -0.05) is 12.8 Å². The minimum absolute atomic E-state index is 0.182. The number of alkyl halides is 1. The van der Waals surface area contributed by atoms with Gasteiger partial charge in [0.25, 0.3) is 0 Å². The third kappa shape index (κ3) is 1.14. The molecule has 1 aliphatic heterocycles. The van der Waals surface area contributed by atoms with Crippen LogP contribution in [-0.4, -0.2) is 37.3 Å². The summed E-state index contributed by atoms with van der Waals surface area (Å²) in [4.78, 5) is 0. The van der Waals surface area contributed by atoms with E-state index in [1.807, 2.05) is 0 Å². The van der Waals surface area contributed by atoms with Crippen molar-refractivity contribution in [1.29, 1.82) is 0 Å². The van der Waals surface area contributed by atoms with Gasteiger partial charge < -0.3 is 9.84 Å². The zero-order valence-corrected chi connectivity index (χ0v) is 7.25. The van der Waals surface area contributed by atoms with Crippen LogP contribution in [-0.2, 0) is 4.74 Å². The average Bonchev–Trinajstić information content (AvgIpc) is 2.30. The molecule has 0 bridgehead atoms. The second kappa shape index (κ2) is 3.08. The van der Waals surface area contributed by atoms with Crippen LogP contribution in [0.3, 0.4) is 0 Å². The number of ether oxygens (including phenoxy) is 1. The molecule has 0 saturated carbocycles. The lowest BCUT2D eigenvalue weighted by atomic mass is 9.78. The van der Waals surface area contributed by atoms with Gasteiger partial charge in [-0.15, -0.1) is 6.42 Å². The van der Waals surface area contributed by atoms with Crippen LogP contribution in [0.1, 0.15) is 6.92 Å². The summed E-state index contributed by atoms with van der Waals surface area (Å²) in [5, 5.41) is 8.82. The molecule has 0 aromatic rings. The van der Waals surface area contributed by atoms with E-state index < -0.39 is 23.7 Å². The van der Waals surface area contributed by atoms with Crippen LogP contribution in [0.5, 0.6) is 0 Å². The third-order valence-corrected chi connectivity index (χ3v) is 2.59. The fraction of sp³-hybridized carbons (Fsp3) is 0.750. The van der Waals surface area contributed by atoms with Crippen LogP contribution >= 0.6 is 0 Å². The Kier molecular flexibility index (Phi) is 2.45. The van der Waals surface area contributed by atoms with E-state index in [-0.39, 0.29) is 6.61 Å². The van der Waals surface area contributed by atoms with Crippen LogP contribution in [0, 0.1) is 18.3 Å². The SMILES string of the molecule is B[C@@H]1O[C@H](CO)[C@@H](C)[C@]1(F)C#C. The Balaban J connectivity index is 2.85. The molecule has 0 aromatic heterocycles. The lowest BCUT2D eigenvalue weighted by molar-refractivity contribution is 0.0261. The number of halogens is 1. The van der Waals surface area contributed by atoms with Gasteiger partial charge in [0, 0.05) is 5.92 Å². The second-order valence-corrected chi connectivity index (χ2v) is 3.20. The average molecular weight is 170 g/mol. The summed E-state index contributed by atoms with van der Waals surface area (Å²) in [6.45, 7) is 1.48. The first-order valence-electron chi connectivity index (χ1n) is 3.99. The molecule has 0 unspecified atom stereocenters. The van der Waals surface area contributed by atoms with E-state index in [1.54, 1.807) is 14.8 Å². The zero-order valence-electron chi connectivity index (χ0n) is 7.25. The normalized spacial score (nSPS) is 47.3. The predicted molar refractivity (Wildman–Crippen MR) is 46.1 cm³/mol. The highest BCUT2D eigenvalue weighted by Crippen LogP contribution is 2.37. The van der Waals surface area contributed by atoms with E-state index in [4.69, 9.17) is 16.3 Å². The first-order chi connectivity index (χ1) is 5.56. The largest absolute Gasteiger partial charge is 0.394 e. The van der Waals surface area contributed by atoms with Crippen molar-refractivity contribution in [3.8, 4) is 12.3 Å². The molecule has 1 heterocycles. The molecule has 0 amide bonds. The van der Waals surface area contributed by atoms with E-state index in [9.17, 15) is 4.39 Å². The highest BCUT2D eigenvalue weighted by Gasteiger charge is 2.51. The highest BCUT2D eigenvalue weighted by molar-refractivity contribution is 6.12. The molecule has 1 fully saturated rings. The fourth-order valence-electron chi connectivity index (χ4n) is 1.57. The van der Waals surface area contributed by atoms with Gasteiger partial charge in [-0.2, -0.15) is 0 Å². The van der Waals surface area contributed by atoms with Crippen molar-refractivity contribution in [3.05, 3.63) is 0 Å². The van der Waals surface area contributed by atoms with Crippen LogP contribution in [0.25, 0.3) is 0 Å². The van der Waals surface area contributed by atoms with Crippen molar-refractivity contribution in [3.63, 3.8) is 0 Å². The van der Waals surface area contributed by atoms with E-state index >= 15 is 0 Å². The number of aliphatic hydroxyl groups excluding tert-OH is 1. The molecule has 1 aliphatic rings. The van der Waals surface area contributed by atoms with Crippen molar-refractivity contribution in [2.45, 2.75) is 24.7 Å². The van der Waals surface area contributed by atoms with Crippen molar-refractivity contribution >= 4 is 7.85 Å². The summed E-state index contributed by atoms with van der Waals surface area (Å²) in [6, 6.07) is -0.630. The van der Waals surface area contributed by atoms with Crippen molar-refractivity contribution in [2.24, 2.45) is 5.92 Å². The molecule has 1 saturated heterocycles. The topological polar surface area (TPSA) is 29.5 Å². The number of hydrogen-bond donors (Lipinski definition) is 1. The summed E-state index contributed by atoms with van der Waals surface area (Å²) in [7, 11) is 1.59. The van der Waals surface area contributed by atoms with Crippen molar-refractivity contribution in [2.75, 3.05) is 6.61 Å². The lowest BCUT2D eigenvalue weighted by Gasteiger charge is -2.20. The molecule has 0 radical (unpaired) electrons. The van der Waals surface area contributed by atoms with Crippen LogP contribution in [0.4, 0.5) is 4.39 Å². The molecule has 1 N–H and O–H groups in total. The first-order valence-corrected chi connectivity index (χ1v) is 3.99. The Hall–Kier alpha value is -0.525. The predicted octanol–water partition coefficient (Wildman–Crippen LogP) is -0.686. The van der Waals surface area contributed by atoms with Gasteiger partial charge in [0.2, 0.25) is 0 Å². The summed E-state index contributed by atoms with van der Waals surface area (Å²) in [5.74, 6) is 1.66. The Bertz CT molecular complexity index is 216. The summed E-state index contributed by atoms with van der Waals surface area (Å²) < 4.78 is 19.0. The minimum Gasteiger partial charge on any atom is -0.394 e. The van der Waals surface area contributed by atoms with Crippen molar-refractivity contribution < 1.29 is 14.2 Å². The number of terminal acetylenes is 1. The molecular weight excluding hydrogens is 158 g/mol. The molecule has 0 aromatic carbocycles. The molecule has 2 nitrogen and oxygen atoms in total. The monoisotopic (exact) mass is 170 g/mol. The van der Waals surface area contributed by atoms with Crippen LogP contribution < -0.4 is 0 Å². The fourth-order valence-corrected chi connectivity index (χ4v) is 1.57. The number of rotatable bonds is 1. The summed E-state index contributed by atoms with van der Waals surface area (Å²) in [6.07, 6.45) is 4.61. The molecule has 0 aliphatic carbocycles. The van der Waals surface area contributed by atoms with E-state index in [0.717, 1.165) is 0 Å². The van der Waals surface area contributed by atoms with E-state index in [0.29, 0.717) is 0 Å². The van der Waals surface area contributed by atoms with Gasteiger partial charge in [-0.05, 0) is 0 Å². The standard InChI is InChI=1S/C8H12BFO2/c1-3-8(10)5(2)6(4-11)12-7(8)9/h1,5-7,11H,4,9H2,2H3/t5-,6-,7-,8-/m1/s1. The molecule has 4 heteroatoms. The maximum atomic E-state index is 13.8. The van der Waals surface area contributed by atoms with Gasteiger partial charge in [-0.25, -0.2) is 4.39 Å². The second-order valence-electron chi connectivity index (χ2n) is 3.20. The molecule has 4 atom stereocenters. The Morgan fingerprint density at radius 3 is 2.67 bits per heavy atom. The van der Waals surface area contributed by atoms with Gasteiger partial charge in [-0.3, -0.25) is 0 Å². The number of aliphatic hydroxyl groups is 1. The molecule has 12 heavy (non-hydrogen) atoms. The zero-order chi connectivity index (χ0) is 9.35. The maximum absolute atomic E-state index is 13.8. The highest BCUT2D eigenvalue weighted by atomic mass is 19.1. The van der Waals surface area contributed by atoms with E-state index in [2.05, 4.69) is 5.92 Å². The van der Waals surface area contributed by atoms with Gasteiger partial charge in [0.15, 0.2) is 5.67 Å². The summed E-state index contributed by atoms with van der Waals surface area (Å²) in [5.41, 5.74) is -1.73. The van der Waals surface area contributed by atoms with E-state index in [1.165, 1.54) is 0 Å². The first kappa shape index (κ1) is 9.56. The Labute approximate surface area is 72.5 Å². The Morgan fingerprint density at radius 1 is 1.83 bits per heavy atom. The van der Waals surface area contributed by atoms with Gasteiger partial charge in [0.05, 0.1) is 18.7 Å². The number of hydrogen-bond acceptors (Lipinski definition) is 2. The molecular formula is C8H12BFO2. The maximum Gasteiger partial charge on any atom is 0.193 e. The lowest BCUT2D eigenvalue weighted by Crippen LogP contribution is -2.37. The van der Waals surface area contributed by atoms with Crippen LogP contribution in [0.2, 0.25) is 0 Å². The molecule has 66 valence electrons. The summed E-state index contributed by atoms with van der Waals surface area (Å²) >= 11 is 0. The third-order valence-electron chi connectivity index (χ3n) is 2.59. The van der Waals surface area contributed by atoms with Crippen molar-refractivity contribution in [1.82, 2.24) is 0 Å². The Morgan fingerprint density at radius 2 is 2.42 bits per heavy atom. The van der Waals surface area contributed by atoms with Gasteiger partial charge >= 0.3 is 0 Å². The van der Waals surface area contributed by atoms with Crippen LogP contribution in [0.15, 0.2) is 0 Å².